The topological polar surface area (TPSA) is 52.6 Å². The predicted molar refractivity (Wildman–Crippen MR) is 168 cm³/mol. The number of ether oxygens (including phenoxy) is 2. The van der Waals surface area contributed by atoms with Crippen LogP contribution in [0.3, 0.4) is 0 Å². The fraction of sp³-hybridized carbons (Fsp3) is 0.842. The quantitative estimate of drug-likeness (QED) is 0.186. The number of esters is 2. The Labute approximate surface area is 256 Å². The first-order valence-corrected chi connectivity index (χ1v) is 16.8. The maximum Gasteiger partial charge on any atom is 0.311 e. The second-order valence-corrected chi connectivity index (χ2v) is 17.4. The molecule has 0 bridgehead atoms. The van der Waals surface area contributed by atoms with E-state index in [0.29, 0.717) is 29.6 Å². The summed E-state index contributed by atoms with van der Waals surface area (Å²) < 4.78 is 11.2. The molecule has 42 heavy (non-hydrogen) atoms. The minimum atomic E-state index is -0.890. The SMILES string of the molecule is C#C[C@]12CCC(C(=C)C)C1C1CCC3[C@@]4(C)CC[C@H](OC(=O)CC(C)(C)C(=O)OC)C(C)(C)C4CC[C@@]3(C)[C@]1(C)CC2. The molecule has 0 N–H and O–H groups in total. The molecule has 0 aliphatic heterocycles. The average molecular weight is 579 g/mol. The fourth-order valence-electron chi connectivity index (χ4n) is 12.5. The van der Waals surface area contributed by atoms with Gasteiger partial charge in [0.15, 0.2) is 0 Å². The van der Waals surface area contributed by atoms with Gasteiger partial charge >= 0.3 is 11.9 Å². The molecular formula is C38H58O4. The molecule has 5 aliphatic carbocycles. The Morgan fingerprint density at radius 2 is 1.60 bits per heavy atom. The minimum Gasteiger partial charge on any atom is -0.469 e. The summed E-state index contributed by atoms with van der Waals surface area (Å²) in [6, 6.07) is 0. The van der Waals surface area contributed by atoms with E-state index in [0.717, 1.165) is 12.8 Å². The van der Waals surface area contributed by atoms with E-state index in [4.69, 9.17) is 15.9 Å². The van der Waals surface area contributed by atoms with Gasteiger partial charge in [-0.1, -0.05) is 52.7 Å². The standard InChI is InChI=1S/C38H58O4/c1-12-38-20-15-25(24(2)3)31(38)26-13-14-28-35(8)18-17-29(42-30(39)23-33(4,5)32(40)41-11)34(6,7)27(35)16-19-37(28,10)36(26,9)21-22-38/h1,25-29,31H,2,13-23H2,3-11H3/t25?,26?,27?,28?,29-,31?,35-,36+,37+,38+/m0/s1. The van der Waals surface area contributed by atoms with E-state index in [2.05, 4.69) is 54.0 Å². The lowest BCUT2D eigenvalue weighted by atomic mass is 9.32. The molecule has 4 nitrogen and oxygen atoms in total. The number of hydrogen-bond acceptors (Lipinski definition) is 4. The normalized spacial score (nSPS) is 45.7. The van der Waals surface area contributed by atoms with Crippen molar-refractivity contribution >= 4 is 11.9 Å². The van der Waals surface area contributed by atoms with Crippen molar-refractivity contribution in [1.29, 1.82) is 0 Å². The van der Waals surface area contributed by atoms with Gasteiger partial charge in [-0.05, 0) is 131 Å². The van der Waals surface area contributed by atoms with Gasteiger partial charge in [-0.2, -0.15) is 0 Å². The summed E-state index contributed by atoms with van der Waals surface area (Å²) in [4.78, 5) is 25.3. The summed E-state index contributed by atoms with van der Waals surface area (Å²) in [6.07, 6.45) is 18.0. The molecule has 0 amide bonds. The molecule has 0 aromatic heterocycles. The van der Waals surface area contributed by atoms with E-state index >= 15 is 0 Å². The van der Waals surface area contributed by atoms with Gasteiger partial charge in [0.2, 0.25) is 0 Å². The van der Waals surface area contributed by atoms with Crippen LogP contribution in [-0.4, -0.2) is 25.2 Å². The van der Waals surface area contributed by atoms with E-state index in [9.17, 15) is 9.59 Å². The molecule has 0 saturated heterocycles. The molecule has 0 spiro atoms. The van der Waals surface area contributed by atoms with E-state index in [1.807, 2.05) is 0 Å². The number of carbonyl (C=O) groups is 2. The zero-order valence-electron chi connectivity index (χ0n) is 28.2. The number of rotatable bonds is 5. The molecular weight excluding hydrogens is 520 g/mol. The minimum absolute atomic E-state index is 0.0418. The molecule has 5 unspecified atom stereocenters. The summed E-state index contributed by atoms with van der Waals surface area (Å²) >= 11 is 0. The van der Waals surface area contributed by atoms with Gasteiger partial charge in [0, 0.05) is 10.8 Å². The summed E-state index contributed by atoms with van der Waals surface area (Å²) in [5.74, 6) is 5.68. The van der Waals surface area contributed by atoms with E-state index in [1.54, 1.807) is 13.8 Å². The smallest absolute Gasteiger partial charge is 0.311 e. The molecule has 234 valence electrons. The van der Waals surface area contributed by atoms with Crippen LogP contribution in [0.15, 0.2) is 12.2 Å². The molecule has 0 aromatic rings. The van der Waals surface area contributed by atoms with E-state index < -0.39 is 5.41 Å². The van der Waals surface area contributed by atoms with E-state index in [-0.39, 0.29) is 51.5 Å². The molecule has 10 atom stereocenters. The Kier molecular flexibility index (Phi) is 7.64. The van der Waals surface area contributed by atoms with Crippen molar-refractivity contribution in [3.8, 4) is 12.3 Å². The highest BCUT2D eigenvalue weighted by Crippen LogP contribution is 2.77. The molecule has 0 aromatic carbocycles. The molecule has 4 heteroatoms. The number of hydrogen-bond donors (Lipinski definition) is 0. The van der Waals surface area contributed by atoms with Gasteiger partial charge in [0.25, 0.3) is 0 Å². The molecule has 5 aliphatic rings. The number of terminal acetylenes is 1. The highest BCUT2D eigenvalue weighted by molar-refractivity contribution is 5.82. The van der Waals surface area contributed by atoms with Crippen molar-refractivity contribution in [2.24, 2.45) is 62.1 Å². The van der Waals surface area contributed by atoms with Crippen LogP contribution in [0, 0.1) is 74.4 Å². The summed E-state index contributed by atoms with van der Waals surface area (Å²) in [5, 5.41) is 0. The first kappa shape index (κ1) is 31.7. The maximum atomic E-state index is 13.1. The van der Waals surface area contributed by atoms with Crippen LogP contribution < -0.4 is 0 Å². The fourth-order valence-corrected chi connectivity index (χ4v) is 12.5. The largest absolute Gasteiger partial charge is 0.469 e. The Bertz CT molecular complexity index is 1170. The Morgan fingerprint density at radius 3 is 2.21 bits per heavy atom. The average Bonchev–Trinajstić information content (AvgIpc) is 3.30. The number of fused-ring (bicyclic) bond motifs is 7. The van der Waals surface area contributed by atoms with Crippen LogP contribution in [0.2, 0.25) is 0 Å². The molecule has 0 radical (unpaired) electrons. The lowest BCUT2D eigenvalue weighted by Crippen LogP contribution is -2.66. The third kappa shape index (κ3) is 4.29. The molecule has 5 rings (SSSR count). The van der Waals surface area contributed by atoms with Crippen molar-refractivity contribution in [3.05, 3.63) is 12.2 Å². The van der Waals surface area contributed by atoms with Crippen LogP contribution in [-0.2, 0) is 19.1 Å². The number of methoxy groups -OCH3 is 1. The van der Waals surface area contributed by atoms with Gasteiger partial charge in [0.1, 0.15) is 6.10 Å². The second-order valence-electron chi connectivity index (χ2n) is 17.4. The zero-order valence-corrected chi connectivity index (χ0v) is 28.2. The van der Waals surface area contributed by atoms with Crippen molar-refractivity contribution in [2.45, 2.75) is 132 Å². The molecule has 0 heterocycles. The Morgan fingerprint density at radius 1 is 0.905 bits per heavy atom. The van der Waals surface area contributed by atoms with E-state index in [1.165, 1.54) is 64.0 Å². The molecule has 5 fully saturated rings. The molecule has 5 saturated carbocycles. The first-order valence-electron chi connectivity index (χ1n) is 16.8. The van der Waals surface area contributed by atoms with Crippen molar-refractivity contribution in [2.75, 3.05) is 7.11 Å². The summed E-state index contributed by atoms with van der Waals surface area (Å²) in [5.41, 5.74) is 1.15. The van der Waals surface area contributed by atoms with Gasteiger partial charge in [0.05, 0.1) is 18.9 Å². The Hall–Kier alpha value is -1.76. The second kappa shape index (κ2) is 10.1. The van der Waals surface area contributed by atoms with Crippen molar-refractivity contribution in [3.63, 3.8) is 0 Å². The highest BCUT2D eigenvalue weighted by atomic mass is 16.5. The highest BCUT2D eigenvalue weighted by Gasteiger charge is 2.71. The lowest BCUT2D eigenvalue weighted by molar-refractivity contribution is -0.247. The third-order valence-corrected chi connectivity index (χ3v) is 14.9. The number of carbonyl (C=O) groups excluding carboxylic acids is 2. The predicted octanol–water partition coefficient (Wildman–Crippen LogP) is 8.78. The summed E-state index contributed by atoms with van der Waals surface area (Å²) in [7, 11) is 1.37. The van der Waals surface area contributed by atoms with Crippen LogP contribution in [0.25, 0.3) is 0 Å². The van der Waals surface area contributed by atoms with Gasteiger partial charge in [-0.15, -0.1) is 6.42 Å². The van der Waals surface area contributed by atoms with Crippen molar-refractivity contribution < 1.29 is 19.1 Å². The number of allylic oxidation sites excluding steroid dienone is 1. The van der Waals surface area contributed by atoms with Gasteiger partial charge in [-0.25, -0.2) is 0 Å². The summed E-state index contributed by atoms with van der Waals surface area (Å²) in [6.45, 7) is 22.8. The van der Waals surface area contributed by atoms with Crippen LogP contribution >= 0.6 is 0 Å². The zero-order chi connectivity index (χ0) is 31.1. The van der Waals surface area contributed by atoms with Crippen molar-refractivity contribution in [1.82, 2.24) is 0 Å². The van der Waals surface area contributed by atoms with Gasteiger partial charge < -0.3 is 9.47 Å². The maximum absolute atomic E-state index is 13.1. The Balaban J connectivity index is 1.40. The lowest BCUT2D eigenvalue weighted by Gasteiger charge is -2.72. The van der Waals surface area contributed by atoms with Crippen LogP contribution in [0.1, 0.15) is 126 Å². The van der Waals surface area contributed by atoms with Crippen LogP contribution in [0.4, 0.5) is 0 Å². The first-order chi connectivity index (χ1) is 19.4. The monoisotopic (exact) mass is 578 g/mol. The third-order valence-electron chi connectivity index (χ3n) is 14.9. The van der Waals surface area contributed by atoms with Crippen LogP contribution in [0.5, 0.6) is 0 Å². The van der Waals surface area contributed by atoms with Gasteiger partial charge in [-0.3, -0.25) is 9.59 Å².